The standard InChI is InChI=1S/C32H34N9O14P/c33-30-36-14-41(32(47)39-30)26-22(53-28(45)15-7-3-1-4-8-15)20(43)18(52-26)12-50-56(48,49)55-21-17(11-42)51-27(23(21)54-29(46)16-9-5-2-6-10-16)40-13-35-19-24(40)37-31(34)38-25(19)44/h1-10,13-14,17-18,20-23,26-27,32,42-43,47H,11-12H2,(H2,33,39)(H,48,49)(H3,34,37,38,44)/t17-,18?,20+,21?,22?,23?,26-,27-,32?/m1/s1. The summed E-state index contributed by atoms with van der Waals surface area (Å²) in [4.78, 5) is 68.8. The summed E-state index contributed by atoms with van der Waals surface area (Å²) in [5, 5.41) is 32.2. The predicted octanol–water partition coefficient (Wildman–Crippen LogP) is -1.43. The number of benzene rings is 2. The second-order valence-electron chi connectivity index (χ2n) is 12.4. The molecule has 3 aliphatic rings. The van der Waals surface area contributed by atoms with E-state index in [0.29, 0.717) is 0 Å². The maximum absolute atomic E-state index is 13.6. The highest BCUT2D eigenvalue weighted by atomic mass is 31.2. The Morgan fingerprint density at radius 2 is 1.54 bits per heavy atom. The number of nitrogens with two attached hydrogens (primary N) is 2. The Bertz CT molecular complexity index is 2240. The number of phosphoric acid groups is 1. The van der Waals surface area contributed by atoms with Crippen molar-refractivity contribution in [3.8, 4) is 0 Å². The van der Waals surface area contributed by atoms with Gasteiger partial charge in [-0.25, -0.2) is 24.1 Å². The van der Waals surface area contributed by atoms with Gasteiger partial charge in [0.25, 0.3) is 5.56 Å². The number of carbonyl (C=O) groups excluding carboxylic acids is 2. The van der Waals surface area contributed by atoms with E-state index in [9.17, 15) is 39.2 Å². The van der Waals surface area contributed by atoms with Crippen molar-refractivity contribution >= 4 is 49.2 Å². The van der Waals surface area contributed by atoms with Crippen molar-refractivity contribution in [2.24, 2.45) is 15.7 Å². The van der Waals surface area contributed by atoms with E-state index in [1.165, 1.54) is 28.8 Å². The van der Waals surface area contributed by atoms with Crippen LogP contribution in [-0.4, -0.2) is 131 Å². The van der Waals surface area contributed by atoms with Crippen LogP contribution in [0.5, 0.6) is 0 Å². The van der Waals surface area contributed by atoms with Crippen molar-refractivity contribution in [3.63, 3.8) is 0 Å². The van der Waals surface area contributed by atoms with Gasteiger partial charge < -0.3 is 50.6 Å². The molecule has 0 amide bonds. The molecule has 2 fully saturated rings. The number of aliphatic hydroxyl groups is 3. The van der Waals surface area contributed by atoms with E-state index >= 15 is 0 Å². The first-order valence-electron chi connectivity index (χ1n) is 16.7. The Hall–Kier alpha value is -5.62. The number of phosphoric ester groups is 1. The molecule has 23 nitrogen and oxygen atoms in total. The van der Waals surface area contributed by atoms with Gasteiger partial charge in [0.2, 0.25) is 18.3 Å². The minimum Gasteiger partial charge on any atom is -0.451 e. The number of nitrogen functional groups attached to an aromatic ring is 1. The number of hydrogen-bond donors (Lipinski definition) is 7. The van der Waals surface area contributed by atoms with Gasteiger partial charge in [0, 0.05) is 0 Å². The van der Waals surface area contributed by atoms with Gasteiger partial charge >= 0.3 is 19.8 Å². The number of carbonyl (C=O) groups is 2. The minimum atomic E-state index is -5.28. The number of imidazole rings is 1. The molecule has 0 bridgehead atoms. The van der Waals surface area contributed by atoms with Gasteiger partial charge in [-0.1, -0.05) is 36.4 Å². The molecular formula is C32H34N9O14P. The summed E-state index contributed by atoms with van der Waals surface area (Å²) in [5.41, 5.74) is 10.5. The molecule has 4 aromatic rings. The van der Waals surface area contributed by atoms with Crippen molar-refractivity contribution in [2.75, 3.05) is 18.9 Å². The molecule has 2 saturated heterocycles. The van der Waals surface area contributed by atoms with Crippen LogP contribution < -0.4 is 17.0 Å². The monoisotopic (exact) mass is 799 g/mol. The summed E-state index contributed by atoms with van der Waals surface area (Å²) in [7, 11) is -5.28. The molecular weight excluding hydrogens is 765 g/mol. The van der Waals surface area contributed by atoms with E-state index in [0.717, 1.165) is 17.6 Å². The first-order chi connectivity index (χ1) is 26.8. The fourth-order valence-electron chi connectivity index (χ4n) is 6.17. The number of hydrogen-bond acceptors (Lipinski definition) is 20. The molecule has 56 heavy (non-hydrogen) atoms. The van der Waals surface area contributed by atoms with E-state index in [4.69, 9.17) is 39.5 Å². The normalized spacial score (nSPS) is 28.5. The van der Waals surface area contributed by atoms with Crippen LogP contribution in [0.15, 0.2) is 81.8 Å². The largest absolute Gasteiger partial charge is 0.472 e. The molecule has 24 heteroatoms. The second kappa shape index (κ2) is 15.9. The molecule has 296 valence electrons. The maximum atomic E-state index is 13.6. The number of aliphatic imine (C=N–C) groups is 2. The van der Waals surface area contributed by atoms with Gasteiger partial charge in [0.1, 0.15) is 30.8 Å². The number of nitrogens with zero attached hydrogens (tertiary/aromatic N) is 6. The highest BCUT2D eigenvalue weighted by molar-refractivity contribution is 7.47. The number of H-pyrrole nitrogens is 1. The lowest BCUT2D eigenvalue weighted by Crippen LogP contribution is -2.51. The number of rotatable bonds is 12. The first kappa shape index (κ1) is 38.6. The molecule has 0 spiro atoms. The van der Waals surface area contributed by atoms with E-state index in [-0.39, 0.29) is 34.2 Å². The van der Waals surface area contributed by atoms with E-state index in [1.807, 2.05) is 0 Å². The summed E-state index contributed by atoms with van der Waals surface area (Å²) >= 11 is 0. The Balaban J connectivity index is 1.13. The average Bonchev–Trinajstić information content (AvgIpc) is 3.84. The zero-order chi connectivity index (χ0) is 39.7. The lowest BCUT2D eigenvalue weighted by Gasteiger charge is -2.33. The third kappa shape index (κ3) is 7.88. The van der Waals surface area contributed by atoms with Crippen molar-refractivity contribution in [1.82, 2.24) is 24.4 Å². The quantitative estimate of drug-likeness (QED) is 0.0637. The number of aromatic amines is 1. The van der Waals surface area contributed by atoms with Gasteiger partial charge in [-0.05, 0) is 24.3 Å². The Kier molecular flexibility index (Phi) is 10.9. The molecule has 2 aromatic carbocycles. The number of fused-ring (bicyclic) bond motifs is 1. The number of anilines is 1. The van der Waals surface area contributed by atoms with Crippen LogP contribution in [0.4, 0.5) is 5.95 Å². The molecule has 5 heterocycles. The number of guanidine groups is 1. The molecule has 0 radical (unpaired) electrons. The predicted molar refractivity (Wildman–Crippen MR) is 188 cm³/mol. The summed E-state index contributed by atoms with van der Waals surface area (Å²) < 4.78 is 48.7. The number of nitrogens with one attached hydrogen (secondary N) is 1. The average molecular weight is 800 g/mol. The molecule has 7 rings (SSSR count). The van der Waals surface area contributed by atoms with Gasteiger partial charge in [-0.15, -0.1) is 0 Å². The SMILES string of the molecule is NC1=NC(O)N([C@@H]2OC(COP(=O)(O)OC3C(OC(=O)c4ccccc4)[C@H](n4cnc5c(=O)[nH]c(N)nc54)O[C@@H]3CO)[C@H](O)C2OC(=O)c2ccccc2)C=N1. The van der Waals surface area contributed by atoms with E-state index < -0.39 is 94.0 Å². The fraction of sp³-hybridized carbons (Fsp3) is 0.344. The van der Waals surface area contributed by atoms with Crippen LogP contribution >= 0.6 is 7.82 Å². The minimum absolute atomic E-state index is 0.0804. The summed E-state index contributed by atoms with van der Waals surface area (Å²) in [6.07, 6.45) is -12.0. The van der Waals surface area contributed by atoms with Gasteiger partial charge in [0.15, 0.2) is 35.8 Å². The summed E-state index contributed by atoms with van der Waals surface area (Å²) in [6.45, 7) is -1.72. The smallest absolute Gasteiger partial charge is 0.451 e. The molecule has 3 aliphatic heterocycles. The van der Waals surface area contributed by atoms with Crippen LogP contribution in [-0.2, 0) is 32.6 Å². The van der Waals surface area contributed by atoms with Crippen molar-refractivity contribution in [3.05, 3.63) is 88.5 Å². The van der Waals surface area contributed by atoms with Crippen LogP contribution in [0, 0.1) is 0 Å². The summed E-state index contributed by atoms with van der Waals surface area (Å²) in [5.74, 6) is -2.35. The lowest BCUT2D eigenvalue weighted by molar-refractivity contribution is -0.118. The topological polar surface area (TPSA) is 331 Å². The van der Waals surface area contributed by atoms with Gasteiger partial charge in [0.05, 0.1) is 30.7 Å². The van der Waals surface area contributed by atoms with Crippen LogP contribution in [0.25, 0.3) is 11.2 Å². The third-order valence-electron chi connectivity index (χ3n) is 8.80. The van der Waals surface area contributed by atoms with Crippen molar-refractivity contribution in [1.29, 1.82) is 0 Å². The molecule has 0 aliphatic carbocycles. The highest BCUT2D eigenvalue weighted by Gasteiger charge is 2.54. The van der Waals surface area contributed by atoms with Gasteiger partial charge in [-0.2, -0.15) is 9.98 Å². The second-order valence-corrected chi connectivity index (χ2v) is 13.8. The third-order valence-corrected chi connectivity index (χ3v) is 9.78. The zero-order valence-corrected chi connectivity index (χ0v) is 29.6. The van der Waals surface area contributed by atoms with Crippen LogP contribution in [0.1, 0.15) is 26.9 Å². The van der Waals surface area contributed by atoms with Crippen molar-refractivity contribution in [2.45, 2.75) is 55.4 Å². The fourth-order valence-corrected chi connectivity index (χ4v) is 7.13. The summed E-state index contributed by atoms with van der Waals surface area (Å²) in [6, 6.07) is 15.5. The number of esters is 2. The number of ether oxygens (including phenoxy) is 4. The Labute approximate surface area is 314 Å². The maximum Gasteiger partial charge on any atom is 0.472 e. The highest BCUT2D eigenvalue weighted by Crippen LogP contribution is 2.50. The Morgan fingerprint density at radius 1 is 0.911 bits per heavy atom. The number of aromatic nitrogens is 4. The zero-order valence-electron chi connectivity index (χ0n) is 28.7. The first-order valence-corrected chi connectivity index (χ1v) is 18.2. The molecule has 9 N–H and O–H groups in total. The van der Waals surface area contributed by atoms with E-state index in [2.05, 4.69) is 24.9 Å². The molecule has 6 unspecified atom stereocenters. The van der Waals surface area contributed by atoms with Gasteiger partial charge in [-0.3, -0.25) is 28.3 Å². The molecule has 2 aromatic heterocycles. The molecule has 0 saturated carbocycles. The molecule has 10 atom stereocenters. The van der Waals surface area contributed by atoms with Crippen LogP contribution in [0.3, 0.4) is 0 Å². The van der Waals surface area contributed by atoms with Crippen LogP contribution in [0.2, 0.25) is 0 Å². The van der Waals surface area contributed by atoms with Crippen molar-refractivity contribution < 1.29 is 62.4 Å². The number of aliphatic hydroxyl groups excluding tert-OH is 3. The Morgan fingerprint density at radius 3 is 2.16 bits per heavy atom. The lowest BCUT2D eigenvalue weighted by atomic mass is 10.1. The van der Waals surface area contributed by atoms with E-state index in [1.54, 1.807) is 36.4 Å².